The lowest BCUT2D eigenvalue weighted by molar-refractivity contribution is 0.0372. The van der Waals surface area contributed by atoms with E-state index in [1.807, 2.05) is 19.1 Å². The molecule has 1 nitrogen and oxygen atoms in total. The third-order valence-corrected chi connectivity index (χ3v) is 3.61. The number of hydrogen-bond donors (Lipinski definition) is 1. The van der Waals surface area contributed by atoms with Crippen molar-refractivity contribution in [2.24, 2.45) is 5.92 Å². The van der Waals surface area contributed by atoms with Crippen LogP contribution in [0.25, 0.3) is 0 Å². The van der Waals surface area contributed by atoms with Crippen LogP contribution in [0, 0.1) is 5.92 Å². The second-order valence-electron chi connectivity index (χ2n) is 4.54. The van der Waals surface area contributed by atoms with Crippen molar-refractivity contribution < 1.29 is 5.11 Å². The van der Waals surface area contributed by atoms with Crippen LogP contribution >= 0.6 is 23.2 Å². The van der Waals surface area contributed by atoms with Crippen LogP contribution in [0.5, 0.6) is 0 Å². The Morgan fingerprint density at radius 2 is 2.07 bits per heavy atom. The van der Waals surface area contributed by atoms with Crippen LogP contribution in [0.4, 0.5) is 0 Å². The lowest BCUT2D eigenvalue weighted by atomic mass is 9.92. The Hall–Kier alpha value is -0.240. The zero-order valence-electron chi connectivity index (χ0n) is 8.63. The molecule has 1 aromatic rings. The Bertz CT molecular complexity index is 370. The topological polar surface area (TPSA) is 20.2 Å². The largest absolute Gasteiger partial charge is 0.390 e. The summed E-state index contributed by atoms with van der Waals surface area (Å²) in [6, 6.07) is 5.43. The fraction of sp³-hybridized carbons (Fsp3) is 0.500. The molecule has 1 atom stereocenters. The maximum absolute atomic E-state index is 10.2. The smallest absolute Gasteiger partial charge is 0.0688 e. The van der Waals surface area contributed by atoms with Crippen molar-refractivity contribution in [2.45, 2.75) is 31.8 Å². The molecule has 82 valence electrons. The van der Waals surface area contributed by atoms with E-state index in [2.05, 4.69) is 0 Å². The third-order valence-electron chi connectivity index (χ3n) is 3.02. The molecule has 0 radical (unpaired) electrons. The van der Waals surface area contributed by atoms with Crippen molar-refractivity contribution >= 4 is 23.2 Å². The minimum absolute atomic E-state index is 0.434. The van der Waals surface area contributed by atoms with Gasteiger partial charge < -0.3 is 5.11 Å². The zero-order valence-corrected chi connectivity index (χ0v) is 10.1. The van der Waals surface area contributed by atoms with Crippen molar-refractivity contribution in [2.75, 3.05) is 0 Å². The Morgan fingerprint density at radius 1 is 1.40 bits per heavy atom. The molecule has 0 saturated heterocycles. The molecule has 1 aliphatic rings. The van der Waals surface area contributed by atoms with Crippen LogP contribution in [0.15, 0.2) is 18.2 Å². The fourth-order valence-corrected chi connectivity index (χ4v) is 2.38. The van der Waals surface area contributed by atoms with E-state index in [0.29, 0.717) is 22.4 Å². The molecule has 1 aromatic carbocycles. The van der Waals surface area contributed by atoms with Gasteiger partial charge in [-0.1, -0.05) is 29.3 Å². The van der Waals surface area contributed by atoms with Crippen molar-refractivity contribution in [3.8, 4) is 0 Å². The molecule has 0 spiro atoms. The van der Waals surface area contributed by atoms with Crippen molar-refractivity contribution in [1.29, 1.82) is 0 Å². The maximum atomic E-state index is 10.2. The molecule has 0 amide bonds. The first-order valence-electron chi connectivity index (χ1n) is 5.15. The van der Waals surface area contributed by atoms with Crippen molar-refractivity contribution in [1.82, 2.24) is 0 Å². The maximum Gasteiger partial charge on any atom is 0.0688 e. The fourth-order valence-electron chi connectivity index (χ4n) is 1.90. The van der Waals surface area contributed by atoms with Crippen LogP contribution in [0.2, 0.25) is 10.0 Å². The highest BCUT2D eigenvalue weighted by Crippen LogP contribution is 2.41. The van der Waals surface area contributed by atoms with E-state index >= 15 is 0 Å². The average molecular weight is 245 g/mol. The molecule has 0 aliphatic heterocycles. The Kier molecular flexibility index (Phi) is 2.98. The first-order chi connectivity index (χ1) is 6.99. The SMILES string of the molecule is CC(O)(Cc1ccc(Cl)cc1Cl)C1CC1. The summed E-state index contributed by atoms with van der Waals surface area (Å²) < 4.78 is 0. The van der Waals surface area contributed by atoms with Gasteiger partial charge in [0.2, 0.25) is 0 Å². The molecular formula is C12H14Cl2O. The summed E-state index contributed by atoms with van der Waals surface area (Å²) in [6.45, 7) is 1.88. The summed E-state index contributed by atoms with van der Waals surface area (Å²) in [4.78, 5) is 0. The van der Waals surface area contributed by atoms with E-state index in [0.717, 1.165) is 18.4 Å². The zero-order chi connectivity index (χ0) is 11.1. The van der Waals surface area contributed by atoms with Gasteiger partial charge in [0.1, 0.15) is 0 Å². The first kappa shape index (κ1) is 11.3. The van der Waals surface area contributed by atoms with Gasteiger partial charge in [0.25, 0.3) is 0 Å². The number of hydrogen-bond acceptors (Lipinski definition) is 1. The highest BCUT2D eigenvalue weighted by atomic mass is 35.5. The molecule has 1 fully saturated rings. The quantitative estimate of drug-likeness (QED) is 0.860. The molecule has 15 heavy (non-hydrogen) atoms. The number of halogens is 2. The van der Waals surface area contributed by atoms with Gasteiger partial charge in [-0.3, -0.25) is 0 Å². The molecular weight excluding hydrogens is 231 g/mol. The highest BCUT2D eigenvalue weighted by Gasteiger charge is 2.40. The van der Waals surface area contributed by atoms with E-state index in [9.17, 15) is 5.11 Å². The predicted octanol–water partition coefficient (Wildman–Crippen LogP) is 3.70. The Labute approximate surface area is 100 Å². The summed E-state index contributed by atoms with van der Waals surface area (Å²) in [5.41, 5.74) is 0.343. The second kappa shape index (κ2) is 3.97. The van der Waals surface area contributed by atoms with Crippen LogP contribution in [0.3, 0.4) is 0 Å². The van der Waals surface area contributed by atoms with Crippen molar-refractivity contribution in [3.05, 3.63) is 33.8 Å². The van der Waals surface area contributed by atoms with Gasteiger partial charge in [0.15, 0.2) is 0 Å². The third kappa shape index (κ3) is 2.66. The number of aliphatic hydroxyl groups is 1. The van der Waals surface area contributed by atoms with Crippen LogP contribution in [-0.2, 0) is 6.42 Å². The predicted molar refractivity (Wildman–Crippen MR) is 63.5 cm³/mol. The molecule has 0 heterocycles. The van der Waals surface area contributed by atoms with Gasteiger partial charge in [-0.15, -0.1) is 0 Å². The van der Waals surface area contributed by atoms with Gasteiger partial charge in [0.05, 0.1) is 5.60 Å². The molecule has 1 N–H and O–H groups in total. The molecule has 1 saturated carbocycles. The Morgan fingerprint density at radius 3 is 2.60 bits per heavy atom. The van der Waals surface area contributed by atoms with Crippen molar-refractivity contribution in [3.63, 3.8) is 0 Å². The van der Waals surface area contributed by atoms with Gasteiger partial charge in [-0.2, -0.15) is 0 Å². The number of rotatable bonds is 3. The minimum Gasteiger partial charge on any atom is -0.390 e. The van der Waals surface area contributed by atoms with E-state index in [1.165, 1.54) is 0 Å². The monoisotopic (exact) mass is 244 g/mol. The van der Waals surface area contributed by atoms with Gasteiger partial charge in [-0.25, -0.2) is 0 Å². The second-order valence-corrected chi connectivity index (χ2v) is 5.39. The molecule has 0 aromatic heterocycles. The average Bonchev–Trinajstić information content (AvgIpc) is 2.92. The summed E-state index contributed by atoms with van der Waals surface area (Å²) in [5.74, 6) is 0.434. The molecule has 1 aliphatic carbocycles. The Balaban J connectivity index is 2.16. The summed E-state index contributed by atoms with van der Waals surface area (Å²) in [7, 11) is 0. The lowest BCUT2D eigenvalue weighted by Crippen LogP contribution is -2.29. The van der Waals surface area contributed by atoms with Crippen LogP contribution < -0.4 is 0 Å². The van der Waals surface area contributed by atoms with Gasteiger partial charge >= 0.3 is 0 Å². The molecule has 3 heteroatoms. The summed E-state index contributed by atoms with van der Waals surface area (Å²) >= 11 is 11.9. The first-order valence-corrected chi connectivity index (χ1v) is 5.91. The normalized spacial score (nSPS) is 20.0. The number of benzene rings is 1. The molecule has 0 bridgehead atoms. The minimum atomic E-state index is -0.628. The summed E-state index contributed by atoms with van der Waals surface area (Å²) in [5, 5.41) is 11.5. The van der Waals surface area contributed by atoms with Gasteiger partial charge in [-0.05, 0) is 43.4 Å². The van der Waals surface area contributed by atoms with E-state index < -0.39 is 5.60 Å². The van der Waals surface area contributed by atoms with Crippen LogP contribution in [-0.4, -0.2) is 10.7 Å². The summed E-state index contributed by atoms with van der Waals surface area (Å²) in [6.07, 6.45) is 2.85. The van der Waals surface area contributed by atoms with Gasteiger partial charge in [0, 0.05) is 16.5 Å². The van der Waals surface area contributed by atoms with Crippen LogP contribution in [0.1, 0.15) is 25.3 Å². The van der Waals surface area contributed by atoms with E-state index in [-0.39, 0.29) is 0 Å². The molecule has 2 rings (SSSR count). The van der Waals surface area contributed by atoms with E-state index in [4.69, 9.17) is 23.2 Å². The van der Waals surface area contributed by atoms with E-state index in [1.54, 1.807) is 6.07 Å². The molecule has 1 unspecified atom stereocenters. The standard InChI is InChI=1S/C12H14Cl2O/c1-12(15,9-3-4-9)7-8-2-5-10(13)6-11(8)14/h2,5-6,9,15H,3-4,7H2,1H3. The highest BCUT2D eigenvalue weighted by molar-refractivity contribution is 6.35. The lowest BCUT2D eigenvalue weighted by Gasteiger charge is -2.23.